The number of nitrogens with two attached hydrogens (primary N) is 1. The number of unbranched alkanes of at least 4 members (excludes halogenated alkanes) is 7. The molecule has 0 saturated carbocycles. The maximum atomic E-state index is 12.7. The Bertz CT molecular complexity index is 1970. The lowest BCUT2D eigenvalue weighted by Gasteiger charge is -2.30. The van der Waals surface area contributed by atoms with Crippen LogP contribution in [0.25, 0.3) is 11.2 Å². The van der Waals surface area contributed by atoms with Crippen molar-refractivity contribution < 1.29 is 80.5 Å². The van der Waals surface area contributed by atoms with Crippen molar-refractivity contribution in [1.82, 2.24) is 30.2 Å². The number of aliphatic hydroxyl groups is 2. The summed E-state index contributed by atoms with van der Waals surface area (Å²) < 4.78 is 62.3. The number of hydrogen-bond donors (Lipinski definition) is 9. The predicted octanol–water partition coefficient (Wildman–Crippen LogP) is 3.14. The van der Waals surface area contributed by atoms with Crippen molar-refractivity contribution >= 4 is 69.1 Å². The molecule has 10 N–H and O–H groups in total. The Morgan fingerprint density at radius 2 is 1.62 bits per heavy atom. The van der Waals surface area contributed by atoms with Crippen LogP contribution in [0.3, 0.4) is 0 Å². The quantitative estimate of drug-likeness (QED) is 0.0308. The number of imidazole rings is 1. The molecule has 2 aromatic rings. The number of aliphatic hydroxyl groups excluding tert-OH is 2. The monoisotopic (exact) mass is 975 g/mol. The number of carbonyl (C=O) groups is 3. The number of phosphoric acid groups is 3. The van der Waals surface area contributed by atoms with Crippen molar-refractivity contribution in [3.8, 4) is 0 Å². The topological polar surface area (TPSA) is 364 Å². The molecule has 3 heterocycles. The number of hydrogen-bond acceptors (Lipinski definition) is 18. The molecule has 0 spiro atoms. The van der Waals surface area contributed by atoms with E-state index in [0.29, 0.717) is 12.2 Å². The van der Waals surface area contributed by atoms with Crippen LogP contribution in [0.1, 0.15) is 97.6 Å². The lowest BCUT2D eigenvalue weighted by atomic mass is 9.87. The van der Waals surface area contributed by atoms with E-state index >= 15 is 0 Å². The molecule has 2 aromatic heterocycles. The van der Waals surface area contributed by atoms with Gasteiger partial charge in [0, 0.05) is 37.1 Å². The number of phosphoric ester groups is 3. The summed E-state index contributed by atoms with van der Waals surface area (Å²) in [5.41, 5.74) is 4.28. The fraction of sp³-hybridized carbons (Fsp3) is 0.714. The van der Waals surface area contributed by atoms with Crippen LogP contribution >= 0.6 is 35.2 Å². The molecule has 0 bridgehead atoms. The normalized spacial score (nSPS) is 20.7. The fourth-order valence-electron chi connectivity index (χ4n) is 6.07. The summed E-state index contributed by atoms with van der Waals surface area (Å²) in [6, 6.07) is 0. The minimum Gasteiger partial charge on any atom is -0.386 e. The fourth-order valence-corrected chi connectivity index (χ4v) is 9.62. The van der Waals surface area contributed by atoms with Gasteiger partial charge in [0.25, 0.3) is 0 Å². The Balaban J connectivity index is 1.36. The molecule has 1 fully saturated rings. The smallest absolute Gasteiger partial charge is 0.386 e. The molecular weight excluding hydrogens is 915 g/mol. The molecule has 2 amide bonds. The first-order valence-electron chi connectivity index (χ1n) is 20.3. The van der Waals surface area contributed by atoms with Crippen LogP contribution in [-0.2, 0) is 50.7 Å². The largest absolute Gasteiger partial charge is 0.481 e. The highest BCUT2D eigenvalue weighted by molar-refractivity contribution is 8.13. The first-order valence-corrected chi connectivity index (χ1v) is 25.8. The third-order valence-corrected chi connectivity index (χ3v) is 13.5. The van der Waals surface area contributed by atoms with Gasteiger partial charge in [-0.05, 0) is 25.7 Å². The Morgan fingerprint density at radius 3 is 2.30 bits per heavy atom. The second kappa shape index (κ2) is 25.9. The van der Waals surface area contributed by atoms with Gasteiger partial charge in [0.2, 0.25) is 11.8 Å². The van der Waals surface area contributed by atoms with Crippen LogP contribution in [0.5, 0.6) is 0 Å². The third-order valence-electron chi connectivity index (χ3n) is 9.42. The summed E-state index contributed by atoms with van der Waals surface area (Å²) in [4.78, 5) is 88.1. The number of allylic oxidation sites excluding steroid dienone is 2. The maximum absolute atomic E-state index is 12.7. The zero-order chi connectivity index (χ0) is 46.8. The molecule has 1 aliphatic heterocycles. The molecular formula is C35H60N7O17P3S. The molecule has 358 valence electrons. The van der Waals surface area contributed by atoms with E-state index in [1.54, 1.807) is 0 Å². The summed E-state index contributed by atoms with van der Waals surface area (Å²) in [6.45, 7) is 2.69. The SMILES string of the molecule is CCC=CCCCCCCCCCC(=O)SCCNC(=O)CCNC(=O)[C@H](O)C(C)(C)COP(=O)(O)OP(=O)(O)OC[C@H]1O[C@@H](n2cnc3c(N)ncnc32)C(O)[C@H]1OP(=O)(O)O. The van der Waals surface area contributed by atoms with Gasteiger partial charge in [-0.2, -0.15) is 4.31 Å². The van der Waals surface area contributed by atoms with E-state index in [1.807, 2.05) is 0 Å². The lowest BCUT2D eigenvalue weighted by Crippen LogP contribution is -2.46. The van der Waals surface area contributed by atoms with Gasteiger partial charge in [-0.1, -0.05) is 76.8 Å². The second-order valence-corrected chi connectivity index (χ2v) is 20.6. The zero-order valence-electron chi connectivity index (χ0n) is 35.3. The highest BCUT2D eigenvalue weighted by Gasteiger charge is 2.50. The van der Waals surface area contributed by atoms with Crippen LogP contribution in [0.4, 0.5) is 5.82 Å². The van der Waals surface area contributed by atoms with Gasteiger partial charge in [-0.25, -0.2) is 28.6 Å². The van der Waals surface area contributed by atoms with Crippen LogP contribution < -0.4 is 16.4 Å². The standard InChI is InChI=1S/C35H60N7O17P3S/c1-4-5-6-7-8-9-10-11-12-13-14-15-26(44)63-19-18-37-25(43)16-17-38-33(47)30(46)35(2,3)21-56-62(53,54)59-61(51,52)55-20-24-29(58-60(48,49)50)28(45)34(57-24)42-23-41-27-31(36)39-22-40-32(27)42/h5-6,22-24,28-30,34,45-46H,4,7-21H2,1-3H3,(H,37,43)(H,38,47)(H,51,52)(H,53,54)(H2,36,39,40)(H2,48,49,50)/t24-,28?,29+,30+,34-/m1/s1. The van der Waals surface area contributed by atoms with Gasteiger partial charge in [0.15, 0.2) is 22.8 Å². The van der Waals surface area contributed by atoms with E-state index in [9.17, 15) is 57.9 Å². The average molecular weight is 976 g/mol. The minimum absolute atomic E-state index is 0.0327. The maximum Gasteiger partial charge on any atom is 0.481 e. The number of carbonyl (C=O) groups excluding carboxylic acids is 3. The molecule has 0 radical (unpaired) electrons. The van der Waals surface area contributed by atoms with E-state index in [2.05, 4.69) is 53.5 Å². The first kappa shape index (κ1) is 54.6. The summed E-state index contributed by atoms with van der Waals surface area (Å²) in [7, 11) is -16.4. The summed E-state index contributed by atoms with van der Waals surface area (Å²) in [6.07, 6.45) is 7.92. The number of thioether (sulfide) groups is 1. The number of aromatic nitrogens is 4. The van der Waals surface area contributed by atoms with E-state index in [0.717, 1.165) is 67.5 Å². The number of fused-ring (bicyclic) bond motifs is 1. The molecule has 63 heavy (non-hydrogen) atoms. The molecule has 3 unspecified atom stereocenters. The van der Waals surface area contributed by atoms with Crippen molar-refractivity contribution in [2.75, 3.05) is 37.8 Å². The molecule has 0 aliphatic carbocycles. The van der Waals surface area contributed by atoms with Gasteiger partial charge < -0.3 is 50.9 Å². The molecule has 7 atom stereocenters. The van der Waals surface area contributed by atoms with Crippen LogP contribution in [0, 0.1) is 5.41 Å². The van der Waals surface area contributed by atoms with Gasteiger partial charge in [-0.3, -0.25) is 32.5 Å². The number of nitrogens with one attached hydrogen (secondary N) is 2. The number of nitrogens with zero attached hydrogens (tertiary/aromatic N) is 4. The van der Waals surface area contributed by atoms with Gasteiger partial charge in [-0.15, -0.1) is 0 Å². The lowest BCUT2D eigenvalue weighted by molar-refractivity contribution is -0.137. The number of amides is 2. The number of ether oxygens (including phenoxy) is 1. The van der Waals surface area contributed by atoms with Crippen molar-refractivity contribution in [3.63, 3.8) is 0 Å². The first-order chi connectivity index (χ1) is 29.6. The molecule has 1 aliphatic rings. The molecule has 3 rings (SSSR count). The highest BCUT2D eigenvalue weighted by atomic mass is 32.2. The van der Waals surface area contributed by atoms with Crippen molar-refractivity contribution in [1.29, 1.82) is 0 Å². The van der Waals surface area contributed by atoms with E-state index in [1.165, 1.54) is 33.1 Å². The van der Waals surface area contributed by atoms with Crippen molar-refractivity contribution in [2.24, 2.45) is 5.41 Å². The Hall–Kier alpha value is -2.70. The molecule has 0 aromatic carbocycles. The van der Waals surface area contributed by atoms with E-state index in [4.69, 9.17) is 19.5 Å². The number of nitrogen functional groups attached to an aromatic ring is 1. The third kappa shape index (κ3) is 19.4. The van der Waals surface area contributed by atoms with Crippen LogP contribution in [-0.4, -0.2) is 123 Å². The van der Waals surface area contributed by atoms with Crippen LogP contribution in [0.15, 0.2) is 24.8 Å². The minimum atomic E-state index is -5.57. The van der Waals surface area contributed by atoms with Gasteiger partial charge in [0.05, 0.1) is 19.5 Å². The van der Waals surface area contributed by atoms with Crippen molar-refractivity contribution in [3.05, 3.63) is 24.8 Å². The Kier molecular flexibility index (Phi) is 22.4. The number of rotatable bonds is 30. The highest BCUT2D eigenvalue weighted by Crippen LogP contribution is 2.61. The molecule has 28 heteroatoms. The van der Waals surface area contributed by atoms with Gasteiger partial charge in [0.1, 0.15) is 36.3 Å². The van der Waals surface area contributed by atoms with E-state index < -0.39 is 84.6 Å². The average Bonchev–Trinajstić information content (AvgIpc) is 3.76. The van der Waals surface area contributed by atoms with Crippen LogP contribution in [0.2, 0.25) is 0 Å². The summed E-state index contributed by atoms with van der Waals surface area (Å²) in [5, 5.41) is 26.6. The molecule has 24 nitrogen and oxygen atoms in total. The van der Waals surface area contributed by atoms with Gasteiger partial charge >= 0.3 is 23.5 Å². The number of anilines is 1. The Labute approximate surface area is 368 Å². The van der Waals surface area contributed by atoms with E-state index in [-0.39, 0.29) is 41.6 Å². The predicted molar refractivity (Wildman–Crippen MR) is 228 cm³/mol. The second-order valence-electron chi connectivity index (χ2n) is 15.2. The Morgan fingerprint density at radius 1 is 0.952 bits per heavy atom. The summed E-state index contributed by atoms with van der Waals surface area (Å²) in [5.74, 6) is -1.03. The van der Waals surface area contributed by atoms with Crippen molar-refractivity contribution in [2.45, 2.75) is 122 Å². The summed E-state index contributed by atoms with van der Waals surface area (Å²) >= 11 is 1.15. The molecule has 1 saturated heterocycles. The zero-order valence-corrected chi connectivity index (χ0v) is 38.8.